The average Bonchev–Trinajstić information content (AvgIpc) is 2.47. The molecule has 0 aromatic heterocycles. The van der Waals surface area contributed by atoms with Crippen LogP contribution >= 0.6 is 0 Å². The maximum Gasteiger partial charge on any atom is 2.00 e. The fourth-order valence-corrected chi connectivity index (χ4v) is 2.31. The Morgan fingerprint density at radius 3 is 1.15 bits per heavy atom. The van der Waals surface area contributed by atoms with Crippen molar-refractivity contribution in [3.05, 3.63) is 0 Å². The molecule has 23 heteroatoms. The maximum atomic E-state index is 14.2. The van der Waals surface area contributed by atoms with E-state index in [1.165, 1.54) is 4.74 Å². The molecule has 1 heterocycles. The van der Waals surface area contributed by atoms with Gasteiger partial charge in [0.25, 0.3) is 0 Å². The number of carbonyl (C=O) groups is 1. The number of ether oxygens (including phenoxy) is 1. The number of carboxylic acids is 1. The van der Waals surface area contributed by atoms with Crippen molar-refractivity contribution < 1.29 is 96.5 Å². The summed E-state index contributed by atoms with van der Waals surface area (Å²) in [4.78, 5) is 5.47. The first kappa shape index (κ1) is 32.4. The van der Waals surface area contributed by atoms with Crippen molar-refractivity contribution in [2.24, 2.45) is 0 Å². The first-order valence-electron chi connectivity index (χ1n) is 6.66. The van der Waals surface area contributed by atoms with E-state index in [1.54, 1.807) is 0 Å². The van der Waals surface area contributed by atoms with Crippen molar-refractivity contribution in [3.8, 4) is 0 Å². The normalized spacial score (nSPS) is 30.8. The smallest absolute Gasteiger partial charge is 1.00 e. The van der Waals surface area contributed by atoms with Gasteiger partial charge in [0.05, 0.1) is 0 Å². The van der Waals surface area contributed by atoms with E-state index in [0.29, 0.717) is 0 Å². The molecule has 33 heavy (non-hydrogen) atoms. The van der Waals surface area contributed by atoms with Crippen molar-refractivity contribution in [3.63, 3.8) is 0 Å². The Kier molecular flexibility index (Phi) is 7.80. The van der Waals surface area contributed by atoms with Crippen LogP contribution in [0.5, 0.6) is 0 Å². The molecule has 0 spiro atoms. The fourth-order valence-electron chi connectivity index (χ4n) is 2.31. The fraction of sp³-hybridized carbons (Fsp3) is 0.900. The number of hydrogen-bond donors (Lipinski definition) is 1. The molecule has 3 unspecified atom stereocenters. The molecule has 0 radical (unpaired) electrons. The summed E-state index contributed by atoms with van der Waals surface area (Å²) >= 11 is 0. The minimum atomic E-state index is -8.66. The molecule has 1 rings (SSSR count). The van der Waals surface area contributed by atoms with Crippen molar-refractivity contribution in [2.75, 3.05) is 0 Å². The van der Waals surface area contributed by atoms with E-state index in [9.17, 15) is 83.8 Å². The van der Waals surface area contributed by atoms with E-state index in [4.69, 9.17) is 5.11 Å². The molecule has 194 valence electrons. The van der Waals surface area contributed by atoms with Crippen LogP contribution in [0.3, 0.4) is 0 Å². The third-order valence-electron chi connectivity index (χ3n) is 3.78. The molecule has 1 fully saturated rings. The second kappa shape index (κ2) is 7.95. The third-order valence-corrected chi connectivity index (χ3v) is 3.78. The van der Waals surface area contributed by atoms with Crippen LogP contribution in [0.15, 0.2) is 0 Å². The molecule has 0 bridgehead atoms. The van der Waals surface area contributed by atoms with Gasteiger partial charge in [-0.3, -0.25) is 0 Å². The Morgan fingerprint density at radius 1 is 0.697 bits per heavy atom. The van der Waals surface area contributed by atoms with Crippen molar-refractivity contribution in [2.45, 2.75) is 54.0 Å². The van der Waals surface area contributed by atoms with Gasteiger partial charge in [0.15, 0.2) is 0 Å². The molecule has 0 aromatic rings. The maximum absolute atomic E-state index is 14.2. The molecule has 0 amide bonds. The van der Waals surface area contributed by atoms with Gasteiger partial charge in [-0.15, -0.1) is 4.90 Å². The minimum absolute atomic E-state index is 0. The van der Waals surface area contributed by atoms with E-state index in [0.717, 1.165) is 0 Å². The van der Waals surface area contributed by atoms with Gasteiger partial charge in [0.2, 0.25) is 0 Å². The predicted molar refractivity (Wildman–Crippen MR) is 63.1 cm³/mol. The van der Waals surface area contributed by atoms with Gasteiger partial charge < -0.3 is 7.96 Å². The van der Waals surface area contributed by atoms with E-state index < -0.39 is 64.9 Å². The number of morpholine rings is 1. The molecule has 1 aliphatic heterocycles. The summed E-state index contributed by atoms with van der Waals surface area (Å²) in [5, 5.41) is 8.03. The first-order valence-corrected chi connectivity index (χ1v) is 6.66. The van der Waals surface area contributed by atoms with E-state index >= 15 is 0 Å². The summed E-state index contributed by atoms with van der Waals surface area (Å²) in [5.41, 5.74) is -8.02. The van der Waals surface area contributed by atoms with Gasteiger partial charge >= 0.3 is 97.8 Å². The molecule has 3 atom stereocenters. The number of carboxylic acid groups (broad SMARTS) is 1. The number of rotatable bonds is 3. The zero-order valence-corrected chi connectivity index (χ0v) is 16.4. The van der Waals surface area contributed by atoms with Crippen LogP contribution in [-0.2, 0) is 9.53 Å². The molecule has 1 aliphatic rings. The SMILES string of the molecule is O=C(O)C(F)(C(F)(F)F)C(F)(F)N1C(F)(C(F)(F)F)C(F)(F)OC(F)(F)C1(F)C(F)(F)F.[Ca+2].[H-].[H-]. The zero-order valence-electron chi connectivity index (χ0n) is 16.2. The van der Waals surface area contributed by atoms with Crippen molar-refractivity contribution in [1.29, 1.82) is 0 Å². The van der Waals surface area contributed by atoms with E-state index in [1.807, 2.05) is 0 Å². The number of alkyl halides is 18. The summed E-state index contributed by atoms with van der Waals surface area (Å²) in [6.07, 6.45) is -40.0. The largest absolute Gasteiger partial charge is 2.00 e. The van der Waals surface area contributed by atoms with Gasteiger partial charge in [-0.25, -0.2) is 22.7 Å². The topological polar surface area (TPSA) is 49.8 Å². The summed E-state index contributed by atoms with van der Waals surface area (Å²) in [6.45, 7) is 0. The minimum Gasteiger partial charge on any atom is -1.00 e. The van der Waals surface area contributed by atoms with E-state index in [-0.39, 0.29) is 40.6 Å². The zero-order chi connectivity index (χ0) is 26.4. The van der Waals surface area contributed by atoms with Crippen LogP contribution in [0.4, 0.5) is 79.0 Å². The standard InChI is InChI=1S/C10HF18NO3.Ca.2H/c11-2(1(30)31,5(14,15)16)8(23,24)29-3(12,6(17,18)19)9(25,26)32-10(27,28)4(29,13)7(20,21)22;;;/h(H,30,31);;;/q;+2;2*-1. The Balaban J connectivity index is -0.00000341. The number of aliphatic carboxylic acids is 1. The second-order valence-electron chi connectivity index (χ2n) is 5.71. The molecule has 4 nitrogen and oxygen atoms in total. The molecule has 1 saturated heterocycles. The van der Waals surface area contributed by atoms with Crippen molar-refractivity contribution >= 4 is 43.7 Å². The van der Waals surface area contributed by atoms with Crippen LogP contribution in [0.25, 0.3) is 0 Å². The Morgan fingerprint density at radius 2 is 0.970 bits per heavy atom. The number of nitrogens with zero attached hydrogens (tertiary/aromatic N) is 1. The first-order chi connectivity index (χ1) is 13.5. The van der Waals surface area contributed by atoms with Gasteiger partial charge in [0.1, 0.15) is 0 Å². The molecular weight excluding hydrogens is 564 g/mol. The molecular formula is C10H3CaF18NO3. The van der Waals surface area contributed by atoms with Gasteiger partial charge in [-0.05, 0) is 0 Å². The summed E-state index contributed by atoms with van der Waals surface area (Å²) in [6, 6.07) is -8.66. The summed E-state index contributed by atoms with van der Waals surface area (Å²) in [7, 11) is 0. The van der Waals surface area contributed by atoms with Gasteiger partial charge in [-0.2, -0.15) is 65.9 Å². The Labute approximate surface area is 199 Å². The van der Waals surface area contributed by atoms with Crippen LogP contribution in [0, 0.1) is 0 Å². The molecule has 1 N–H and O–H groups in total. The van der Waals surface area contributed by atoms with Crippen LogP contribution in [-0.4, -0.2) is 108 Å². The quantitative estimate of drug-likeness (QED) is 0.304. The van der Waals surface area contributed by atoms with Crippen LogP contribution in [0.2, 0.25) is 0 Å². The van der Waals surface area contributed by atoms with E-state index in [2.05, 4.69) is 0 Å². The number of halogens is 18. The summed E-state index contributed by atoms with van der Waals surface area (Å²) in [5.74, 6) is -21.6. The average molecular weight is 567 g/mol. The Hall–Kier alpha value is -0.610. The molecule has 0 saturated carbocycles. The molecule has 0 aliphatic carbocycles. The van der Waals surface area contributed by atoms with Crippen LogP contribution < -0.4 is 0 Å². The van der Waals surface area contributed by atoms with Gasteiger partial charge in [0, 0.05) is 0 Å². The second-order valence-corrected chi connectivity index (χ2v) is 5.71. The monoisotopic (exact) mass is 567 g/mol. The van der Waals surface area contributed by atoms with Crippen LogP contribution in [0.1, 0.15) is 2.85 Å². The number of hydrogen-bond acceptors (Lipinski definition) is 3. The molecule has 0 aromatic carbocycles. The Bertz CT molecular complexity index is 750. The van der Waals surface area contributed by atoms with Crippen molar-refractivity contribution in [1.82, 2.24) is 4.90 Å². The summed E-state index contributed by atoms with van der Waals surface area (Å²) < 4.78 is 240. The predicted octanol–water partition coefficient (Wildman–Crippen LogP) is 4.75. The third kappa shape index (κ3) is 3.90. The van der Waals surface area contributed by atoms with Gasteiger partial charge in [-0.1, -0.05) is 0 Å².